The van der Waals surface area contributed by atoms with Crippen LogP contribution < -0.4 is 5.73 Å². The largest absolute Gasteiger partial charge is 0.329 e. The molecule has 1 atom stereocenters. The normalized spacial score (nSPS) is 16.6. The first-order chi connectivity index (χ1) is 7.77. The fraction of sp³-hybridized carbons (Fsp3) is 0.462. The highest BCUT2D eigenvalue weighted by atomic mass is 15.1. The second-order valence-electron chi connectivity index (χ2n) is 4.74. The van der Waals surface area contributed by atoms with Gasteiger partial charge in [0.2, 0.25) is 0 Å². The predicted octanol–water partition coefficient (Wildman–Crippen LogP) is 1.87. The molecule has 3 nitrogen and oxygen atoms in total. The number of fused-ring (bicyclic) bond motifs is 3. The lowest BCUT2D eigenvalue weighted by Gasteiger charge is -2.05. The summed E-state index contributed by atoms with van der Waals surface area (Å²) in [5.74, 6) is 0. The minimum atomic E-state index is 0.219. The highest BCUT2D eigenvalue weighted by Crippen LogP contribution is 2.30. The van der Waals surface area contributed by atoms with Crippen LogP contribution in [0.25, 0.3) is 11.0 Å². The van der Waals surface area contributed by atoms with Crippen LogP contribution in [0.4, 0.5) is 0 Å². The van der Waals surface area contributed by atoms with Crippen molar-refractivity contribution in [2.24, 2.45) is 5.73 Å². The Balaban J connectivity index is 2.25. The quantitative estimate of drug-likeness (QED) is 0.831. The van der Waals surface area contributed by atoms with Gasteiger partial charge in [-0.3, -0.25) is 0 Å². The van der Waals surface area contributed by atoms with Crippen molar-refractivity contribution < 1.29 is 0 Å². The van der Waals surface area contributed by atoms with Crippen molar-refractivity contribution in [2.45, 2.75) is 38.8 Å². The zero-order chi connectivity index (χ0) is 11.1. The maximum Gasteiger partial charge on any atom is 0.140 e. The summed E-state index contributed by atoms with van der Waals surface area (Å²) >= 11 is 0. The van der Waals surface area contributed by atoms with E-state index >= 15 is 0 Å². The number of nitrogens with zero attached hydrogens (tertiary/aromatic N) is 2. The Morgan fingerprint density at radius 3 is 3.25 bits per heavy atom. The monoisotopic (exact) mass is 215 g/mol. The van der Waals surface area contributed by atoms with Crippen LogP contribution in [0.3, 0.4) is 0 Å². The molecular weight excluding hydrogens is 198 g/mol. The summed E-state index contributed by atoms with van der Waals surface area (Å²) in [6.07, 6.45) is 5.26. The molecule has 0 spiro atoms. The van der Waals surface area contributed by atoms with Gasteiger partial charge >= 0.3 is 0 Å². The van der Waals surface area contributed by atoms with E-state index in [2.05, 4.69) is 22.5 Å². The Hall–Kier alpha value is -1.35. The van der Waals surface area contributed by atoms with E-state index in [-0.39, 0.29) is 6.04 Å². The van der Waals surface area contributed by atoms with Crippen molar-refractivity contribution in [1.29, 1.82) is 0 Å². The fourth-order valence-corrected chi connectivity index (χ4v) is 2.77. The number of rotatable bonds is 2. The van der Waals surface area contributed by atoms with Gasteiger partial charge in [-0.25, -0.2) is 4.98 Å². The van der Waals surface area contributed by atoms with E-state index in [9.17, 15) is 0 Å². The van der Waals surface area contributed by atoms with E-state index in [1.165, 1.54) is 29.5 Å². The summed E-state index contributed by atoms with van der Waals surface area (Å²) in [6, 6.07) is 4.41. The minimum absolute atomic E-state index is 0.219. The van der Waals surface area contributed by atoms with Crippen molar-refractivity contribution in [1.82, 2.24) is 9.55 Å². The first-order valence-corrected chi connectivity index (χ1v) is 5.98. The highest BCUT2D eigenvalue weighted by Gasteiger charge is 2.21. The SMILES string of the molecule is CC(N)Cc1c2n(c3ncccc13)CCC2. The first kappa shape index (κ1) is 9.85. The van der Waals surface area contributed by atoms with Crippen molar-refractivity contribution in [3.8, 4) is 0 Å². The maximum absolute atomic E-state index is 5.94. The Labute approximate surface area is 95.3 Å². The van der Waals surface area contributed by atoms with Gasteiger partial charge in [0, 0.05) is 29.9 Å². The summed E-state index contributed by atoms with van der Waals surface area (Å²) in [7, 11) is 0. The smallest absolute Gasteiger partial charge is 0.140 e. The number of pyridine rings is 1. The zero-order valence-corrected chi connectivity index (χ0v) is 9.61. The van der Waals surface area contributed by atoms with Crippen LogP contribution in [-0.2, 0) is 19.4 Å². The molecule has 0 aromatic carbocycles. The van der Waals surface area contributed by atoms with Crippen LogP contribution in [0.2, 0.25) is 0 Å². The summed E-state index contributed by atoms with van der Waals surface area (Å²) < 4.78 is 2.37. The van der Waals surface area contributed by atoms with E-state index in [0.29, 0.717) is 0 Å². The van der Waals surface area contributed by atoms with Gasteiger partial charge in [0.25, 0.3) is 0 Å². The fourth-order valence-electron chi connectivity index (χ4n) is 2.77. The van der Waals surface area contributed by atoms with Crippen molar-refractivity contribution in [2.75, 3.05) is 0 Å². The summed E-state index contributed by atoms with van der Waals surface area (Å²) in [5.41, 5.74) is 9.97. The molecule has 3 heterocycles. The van der Waals surface area contributed by atoms with Crippen molar-refractivity contribution in [3.63, 3.8) is 0 Å². The highest BCUT2D eigenvalue weighted by molar-refractivity contribution is 5.82. The molecule has 2 aromatic rings. The van der Waals surface area contributed by atoms with E-state index < -0.39 is 0 Å². The van der Waals surface area contributed by atoms with Crippen LogP contribution in [0.1, 0.15) is 24.6 Å². The Morgan fingerprint density at radius 1 is 1.56 bits per heavy atom. The lowest BCUT2D eigenvalue weighted by molar-refractivity contribution is 0.732. The van der Waals surface area contributed by atoms with Gasteiger partial charge in [0.05, 0.1) is 0 Å². The molecule has 0 saturated carbocycles. The number of hydrogen-bond donors (Lipinski definition) is 1. The molecular formula is C13H17N3. The van der Waals surface area contributed by atoms with Crippen molar-refractivity contribution in [3.05, 3.63) is 29.6 Å². The predicted molar refractivity (Wildman–Crippen MR) is 65.4 cm³/mol. The molecule has 0 amide bonds. The van der Waals surface area contributed by atoms with Crippen LogP contribution in [-0.4, -0.2) is 15.6 Å². The van der Waals surface area contributed by atoms with E-state index in [0.717, 1.165) is 18.6 Å². The van der Waals surface area contributed by atoms with Gasteiger partial charge < -0.3 is 10.3 Å². The molecule has 84 valence electrons. The van der Waals surface area contributed by atoms with Gasteiger partial charge in [-0.05, 0) is 43.9 Å². The molecule has 2 aromatic heterocycles. The summed E-state index contributed by atoms with van der Waals surface area (Å²) in [5, 5.41) is 1.30. The molecule has 3 heteroatoms. The van der Waals surface area contributed by atoms with Gasteiger partial charge in [0.15, 0.2) is 0 Å². The first-order valence-electron chi connectivity index (χ1n) is 5.98. The van der Waals surface area contributed by atoms with Crippen LogP contribution in [0, 0.1) is 0 Å². The second-order valence-corrected chi connectivity index (χ2v) is 4.74. The molecule has 16 heavy (non-hydrogen) atoms. The lowest BCUT2D eigenvalue weighted by Crippen LogP contribution is -2.18. The number of hydrogen-bond acceptors (Lipinski definition) is 2. The van der Waals surface area contributed by atoms with E-state index in [1.54, 1.807) is 0 Å². The maximum atomic E-state index is 5.94. The van der Waals surface area contributed by atoms with Crippen LogP contribution in [0.5, 0.6) is 0 Å². The van der Waals surface area contributed by atoms with Crippen LogP contribution in [0.15, 0.2) is 18.3 Å². The average Bonchev–Trinajstić information content (AvgIpc) is 2.82. The Bertz CT molecular complexity index is 525. The molecule has 1 unspecified atom stereocenters. The minimum Gasteiger partial charge on any atom is -0.329 e. The zero-order valence-electron chi connectivity index (χ0n) is 9.61. The molecule has 0 radical (unpaired) electrons. The third-order valence-electron chi connectivity index (χ3n) is 3.36. The van der Waals surface area contributed by atoms with Gasteiger partial charge in [-0.1, -0.05) is 0 Å². The molecule has 0 saturated heterocycles. The van der Waals surface area contributed by atoms with Gasteiger partial charge in [-0.15, -0.1) is 0 Å². The Morgan fingerprint density at radius 2 is 2.44 bits per heavy atom. The number of aryl methyl sites for hydroxylation is 1. The molecule has 0 aliphatic carbocycles. The van der Waals surface area contributed by atoms with E-state index in [1.807, 2.05) is 12.3 Å². The Kier molecular flexibility index (Phi) is 2.21. The molecule has 1 aliphatic heterocycles. The standard InChI is InChI=1S/C13H17N3/c1-9(14)8-11-10-4-2-6-15-13(10)16-7-3-5-12(11)16/h2,4,6,9H,3,5,7-8,14H2,1H3. The van der Waals surface area contributed by atoms with Gasteiger partial charge in [-0.2, -0.15) is 0 Å². The lowest BCUT2D eigenvalue weighted by atomic mass is 10.0. The average molecular weight is 215 g/mol. The molecule has 1 aliphatic rings. The summed E-state index contributed by atoms with van der Waals surface area (Å²) in [6.45, 7) is 3.18. The number of aromatic nitrogens is 2. The van der Waals surface area contributed by atoms with Crippen molar-refractivity contribution >= 4 is 11.0 Å². The molecule has 0 fully saturated rings. The molecule has 3 rings (SSSR count). The topological polar surface area (TPSA) is 43.8 Å². The van der Waals surface area contributed by atoms with Gasteiger partial charge in [0.1, 0.15) is 5.65 Å². The summed E-state index contributed by atoms with van der Waals surface area (Å²) in [4.78, 5) is 4.50. The molecule has 2 N–H and O–H groups in total. The third kappa shape index (κ3) is 1.35. The van der Waals surface area contributed by atoms with E-state index in [4.69, 9.17) is 5.73 Å². The van der Waals surface area contributed by atoms with Crippen LogP contribution >= 0.6 is 0 Å². The molecule has 0 bridgehead atoms. The third-order valence-corrected chi connectivity index (χ3v) is 3.36. The number of nitrogens with two attached hydrogens (primary N) is 1. The second kappa shape index (κ2) is 3.59.